The van der Waals surface area contributed by atoms with Crippen molar-refractivity contribution < 1.29 is 18.7 Å². The summed E-state index contributed by atoms with van der Waals surface area (Å²) in [6.45, 7) is 6.02. The van der Waals surface area contributed by atoms with Crippen molar-refractivity contribution in [2.24, 2.45) is 0 Å². The Balaban J connectivity index is 2.40. The number of hydrogen-bond acceptors (Lipinski definition) is 3. The Kier molecular flexibility index (Phi) is 6.26. The number of halogens is 2. The molecule has 0 heterocycles. The molecule has 0 saturated carbocycles. The molecule has 2 aromatic carbocycles. The zero-order valence-electron chi connectivity index (χ0n) is 14.7. The van der Waals surface area contributed by atoms with Crippen LogP contribution in [0.25, 0.3) is 0 Å². The maximum Gasteiger partial charge on any atom is 0.258 e. The molecular weight excluding hydrogens is 345 g/mol. The molecule has 0 aliphatic carbocycles. The summed E-state index contributed by atoms with van der Waals surface area (Å²) in [4.78, 5) is 14.4. The van der Waals surface area contributed by atoms with Gasteiger partial charge in [0.1, 0.15) is 5.82 Å². The fourth-order valence-electron chi connectivity index (χ4n) is 2.41. The van der Waals surface area contributed by atoms with Gasteiger partial charge in [-0.05, 0) is 57.2 Å². The summed E-state index contributed by atoms with van der Waals surface area (Å²) in [5, 5.41) is 0.298. The van der Waals surface area contributed by atoms with Crippen molar-refractivity contribution in [3.8, 4) is 11.5 Å². The standard InChI is InChI=1S/C19H21ClFNO3/c1-5-22(15-8-6-14(21)7-9-15)19(23)13-10-16(20)18(25-12(2)3)17(11-13)24-4/h6-12H,5H2,1-4H3. The molecule has 0 fully saturated rings. The van der Waals surface area contributed by atoms with Crippen LogP contribution in [0.1, 0.15) is 31.1 Å². The van der Waals surface area contributed by atoms with Crippen LogP contribution in [0.3, 0.4) is 0 Å². The summed E-state index contributed by atoms with van der Waals surface area (Å²) in [6, 6.07) is 8.91. The van der Waals surface area contributed by atoms with Gasteiger partial charge in [-0.3, -0.25) is 4.79 Å². The Bertz CT molecular complexity index is 747. The first-order chi connectivity index (χ1) is 11.9. The molecule has 4 nitrogen and oxygen atoms in total. The van der Waals surface area contributed by atoms with Crippen LogP contribution in [-0.2, 0) is 0 Å². The minimum Gasteiger partial charge on any atom is -0.493 e. The van der Waals surface area contributed by atoms with Crippen molar-refractivity contribution in [3.63, 3.8) is 0 Å². The van der Waals surface area contributed by atoms with Gasteiger partial charge in [-0.15, -0.1) is 0 Å². The van der Waals surface area contributed by atoms with Gasteiger partial charge in [0.15, 0.2) is 11.5 Å². The van der Waals surface area contributed by atoms with Crippen molar-refractivity contribution in [2.45, 2.75) is 26.9 Å². The lowest BCUT2D eigenvalue weighted by Gasteiger charge is -2.22. The number of benzene rings is 2. The molecule has 0 atom stereocenters. The molecule has 1 amide bonds. The zero-order valence-corrected chi connectivity index (χ0v) is 15.4. The number of methoxy groups -OCH3 is 1. The number of ether oxygens (including phenoxy) is 2. The summed E-state index contributed by atoms with van der Waals surface area (Å²) < 4.78 is 24.1. The van der Waals surface area contributed by atoms with Crippen molar-refractivity contribution in [1.29, 1.82) is 0 Å². The van der Waals surface area contributed by atoms with E-state index in [0.29, 0.717) is 34.3 Å². The van der Waals surface area contributed by atoms with Crippen LogP contribution < -0.4 is 14.4 Å². The Labute approximate surface area is 152 Å². The lowest BCUT2D eigenvalue weighted by Crippen LogP contribution is -2.30. The van der Waals surface area contributed by atoms with Crippen LogP contribution in [-0.4, -0.2) is 25.7 Å². The van der Waals surface area contributed by atoms with E-state index >= 15 is 0 Å². The minimum absolute atomic E-state index is 0.0840. The van der Waals surface area contributed by atoms with Gasteiger partial charge in [0.25, 0.3) is 5.91 Å². The van der Waals surface area contributed by atoms with Crippen LogP contribution in [0.15, 0.2) is 36.4 Å². The number of rotatable bonds is 6. The number of anilines is 1. The molecular formula is C19H21ClFNO3. The largest absolute Gasteiger partial charge is 0.493 e. The molecule has 2 rings (SSSR count). The average molecular weight is 366 g/mol. The molecule has 25 heavy (non-hydrogen) atoms. The fraction of sp³-hybridized carbons (Fsp3) is 0.316. The topological polar surface area (TPSA) is 38.8 Å². The average Bonchev–Trinajstić information content (AvgIpc) is 2.58. The van der Waals surface area contributed by atoms with Crippen molar-refractivity contribution in [3.05, 3.63) is 52.8 Å². The van der Waals surface area contributed by atoms with Gasteiger partial charge in [0.05, 0.1) is 18.2 Å². The number of amides is 1. The molecule has 6 heteroatoms. The lowest BCUT2D eigenvalue weighted by molar-refractivity contribution is 0.0988. The maximum absolute atomic E-state index is 13.1. The van der Waals surface area contributed by atoms with Crippen LogP contribution in [0.4, 0.5) is 10.1 Å². The van der Waals surface area contributed by atoms with Gasteiger partial charge in [0, 0.05) is 17.8 Å². The van der Waals surface area contributed by atoms with Gasteiger partial charge in [0.2, 0.25) is 0 Å². The first-order valence-electron chi connectivity index (χ1n) is 7.99. The Morgan fingerprint density at radius 2 is 1.88 bits per heavy atom. The smallest absolute Gasteiger partial charge is 0.258 e. The summed E-state index contributed by atoms with van der Waals surface area (Å²) in [5.41, 5.74) is 0.968. The second kappa shape index (κ2) is 8.21. The van der Waals surface area contributed by atoms with Crippen LogP contribution in [0.5, 0.6) is 11.5 Å². The Morgan fingerprint density at radius 3 is 2.40 bits per heavy atom. The van der Waals surface area contributed by atoms with Gasteiger partial charge in [-0.2, -0.15) is 0 Å². The van der Waals surface area contributed by atoms with E-state index in [1.807, 2.05) is 20.8 Å². The highest BCUT2D eigenvalue weighted by Gasteiger charge is 2.21. The van der Waals surface area contributed by atoms with Crippen LogP contribution in [0, 0.1) is 5.82 Å². The van der Waals surface area contributed by atoms with Crippen molar-refractivity contribution >= 4 is 23.2 Å². The normalized spacial score (nSPS) is 10.7. The van der Waals surface area contributed by atoms with Gasteiger partial charge in [-0.25, -0.2) is 4.39 Å². The third kappa shape index (κ3) is 4.42. The second-order valence-corrected chi connectivity index (χ2v) is 6.09. The molecule has 0 radical (unpaired) electrons. The third-order valence-electron chi connectivity index (χ3n) is 3.53. The summed E-state index contributed by atoms with van der Waals surface area (Å²) in [7, 11) is 1.49. The number of nitrogens with zero attached hydrogens (tertiary/aromatic N) is 1. The number of carbonyl (C=O) groups is 1. The monoisotopic (exact) mass is 365 g/mol. The van der Waals surface area contributed by atoms with E-state index in [4.69, 9.17) is 21.1 Å². The highest BCUT2D eigenvalue weighted by molar-refractivity contribution is 6.32. The third-order valence-corrected chi connectivity index (χ3v) is 3.81. The van der Waals surface area contributed by atoms with Crippen molar-refractivity contribution in [2.75, 3.05) is 18.6 Å². The SMILES string of the molecule is CCN(C(=O)c1cc(Cl)c(OC(C)C)c(OC)c1)c1ccc(F)cc1. The molecule has 0 aliphatic heterocycles. The molecule has 0 spiro atoms. The predicted octanol–water partition coefficient (Wildman–Crippen LogP) is 4.94. The molecule has 0 saturated heterocycles. The van der Waals surface area contributed by atoms with Gasteiger partial charge < -0.3 is 14.4 Å². The van der Waals surface area contributed by atoms with E-state index in [0.717, 1.165) is 0 Å². The highest BCUT2D eigenvalue weighted by atomic mass is 35.5. The van der Waals surface area contributed by atoms with Crippen LogP contribution in [0.2, 0.25) is 5.02 Å². The highest BCUT2D eigenvalue weighted by Crippen LogP contribution is 2.37. The van der Waals surface area contributed by atoms with E-state index in [1.165, 1.54) is 24.1 Å². The fourth-order valence-corrected chi connectivity index (χ4v) is 2.67. The summed E-state index contributed by atoms with van der Waals surface area (Å²) in [5.74, 6) is 0.179. The van der Waals surface area contributed by atoms with Crippen molar-refractivity contribution in [1.82, 2.24) is 0 Å². The zero-order chi connectivity index (χ0) is 18.6. The first-order valence-corrected chi connectivity index (χ1v) is 8.36. The van der Waals surface area contributed by atoms with E-state index in [9.17, 15) is 9.18 Å². The molecule has 0 unspecified atom stereocenters. The maximum atomic E-state index is 13.1. The number of carbonyl (C=O) groups excluding carboxylic acids is 1. The second-order valence-electron chi connectivity index (χ2n) is 5.68. The Morgan fingerprint density at radius 1 is 1.24 bits per heavy atom. The quantitative estimate of drug-likeness (QED) is 0.727. The first kappa shape index (κ1) is 19.1. The Hall–Kier alpha value is -2.27. The van der Waals surface area contributed by atoms with Crippen LogP contribution >= 0.6 is 11.6 Å². The number of hydrogen-bond donors (Lipinski definition) is 0. The lowest BCUT2D eigenvalue weighted by atomic mass is 10.1. The predicted molar refractivity (Wildman–Crippen MR) is 97.5 cm³/mol. The van der Waals surface area contributed by atoms with E-state index in [1.54, 1.807) is 24.3 Å². The molecule has 2 aromatic rings. The molecule has 0 aliphatic rings. The molecule has 0 N–H and O–H groups in total. The molecule has 0 aromatic heterocycles. The minimum atomic E-state index is -0.354. The van der Waals surface area contributed by atoms with E-state index < -0.39 is 0 Å². The van der Waals surface area contributed by atoms with E-state index in [2.05, 4.69) is 0 Å². The van der Waals surface area contributed by atoms with Gasteiger partial charge in [-0.1, -0.05) is 11.6 Å². The summed E-state index contributed by atoms with van der Waals surface area (Å²) >= 11 is 6.29. The summed E-state index contributed by atoms with van der Waals surface area (Å²) in [6.07, 6.45) is -0.0840. The molecule has 0 bridgehead atoms. The van der Waals surface area contributed by atoms with Gasteiger partial charge >= 0.3 is 0 Å². The van der Waals surface area contributed by atoms with E-state index in [-0.39, 0.29) is 17.8 Å². The molecule has 134 valence electrons.